The number of aromatic amines is 1. The van der Waals surface area contributed by atoms with E-state index in [0.717, 1.165) is 41.7 Å². The first-order chi connectivity index (χ1) is 11.7. The molecule has 0 amide bonds. The summed E-state index contributed by atoms with van der Waals surface area (Å²) in [4.78, 5) is 12.3. The predicted molar refractivity (Wildman–Crippen MR) is 98.4 cm³/mol. The van der Waals surface area contributed by atoms with Gasteiger partial charge in [-0.25, -0.2) is 9.97 Å². The summed E-state index contributed by atoms with van der Waals surface area (Å²) in [6, 6.07) is 8.48. The third-order valence-electron chi connectivity index (χ3n) is 4.49. The van der Waals surface area contributed by atoms with Gasteiger partial charge in [0.1, 0.15) is 0 Å². The number of hydrogen-bond acceptors (Lipinski definition) is 4. The zero-order chi connectivity index (χ0) is 16.5. The van der Waals surface area contributed by atoms with E-state index in [4.69, 9.17) is 11.6 Å². The van der Waals surface area contributed by atoms with Crippen LogP contribution in [0, 0.1) is 5.92 Å². The summed E-state index contributed by atoms with van der Waals surface area (Å²) >= 11 is 6.37. The van der Waals surface area contributed by atoms with E-state index in [0.29, 0.717) is 22.9 Å². The van der Waals surface area contributed by atoms with Crippen LogP contribution in [0.2, 0.25) is 5.02 Å². The SMILES string of the molecule is C[C@@H]1CNC[C@@H](Nc2ncc(Cl)c(-c3c[nH]c4ccccc34)n2)C1. The van der Waals surface area contributed by atoms with Gasteiger partial charge in [-0.15, -0.1) is 0 Å². The van der Waals surface area contributed by atoms with Crippen LogP contribution in [-0.2, 0) is 0 Å². The second-order valence-corrected chi connectivity index (χ2v) is 6.89. The van der Waals surface area contributed by atoms with Gasteiger partial charge in [-0.1, -0.05) is 36.7 Å². The number of rotatable bonds is 3. The van der Waals surface area contributed by atoms with Gasteiger partial charge >= 0.3 is 0 Å². The first-order valence-corrected chi connectivity index (χ1v) is 8.65. The molecule has 0 spiro atoms. The molecule has 0 radical (unpaired) electrons. The molecule has 3 N–H and O–H groups in total. The van der Waals surface area contributed by atoms with E-state index in [1.165, 1.54) is 0 Å². The van der Waals surface area contributed by atoms with Crippen LogP contribution in [0.1, 0.15) is 13.3 Å². The van der Waals surface area contributed by atoms with Gasteiger partial charge in [0, 0.05) is 35.2 Å². The molecule has 1 aliphatic heterocycles. The number of nitrogens with zero attached hydrogens (tertiary/aromatic N) is 2. The lowest BCUT2D eigenvalue weighted by Gasteiger charge is -2.28. The van der Waals surface area contributed by atoms with E-state index in [1.807, 2.05) is 24.4 Å². The smallest absolute Gasteiger partial charge is 0.223 e. The summed E-state index contributed by atoms with van der Waals surface area (Å²) in [6.45, 7) is 4.25. The van der Waals surface area contributed by atoms with Gasteiger partial charge in [-0.2, -0.15) is 0 Å². The average Bonchev–Trinajstić information content (AvgIpc) is 3.01. The quantitative estimate of drug-likeness (QED) is 0.679. The monoisotopic (exact) mass is 341 g/mol. The molecule has 124 valence electrons. The van der Waals surface area contributed by atoms with Crippen LogP contribution in [-0.4, -0.2) is 34.1 Å². The fourth-order valence-electron chi connectivity index (χ4n) is 3.34. The number of benzene rings is 1. The van der Waals surface area contributed by atoms with E-state index in [1.54, 1.807) is 6.20 Å². The Morgan fingerprint density at radius 3 is 3.00 bits per heavy atom. The topological polar surface area (TPSA) is 65.6 Å². The summed E-state index contributed by atoms with van der Waals surface area (Å²) in [6.07, 6.45) is 4.74. The van der Waals surface area contributed by atoms with E-state index >= 15 is 0 Å². The van der Waals surface area contributed by atoms with Gasteiger partial charge in [0.2, 0.25) is 5.95 Å². The maximum absolute atomic E-state index is 6.37. The molecule has 4 rings (SSSR count). The van der Waals surface area contributed by atoms with Gasteiger partial charge in [0.05, 0.1) is 16.9 Å². The van der Waals surface area contributed by atoms with Crippen molar-refractivity contribution >= 4 is 28.5 Å². The Hall–Kier alpha value is -2.11. The maximum atomic E-state index is 6.37. The predicted octanol–water partition coefficient (Wildman–Crippen LogP) is 3.69. The molecule has 3 aromatic rings. The van der Waals surface area contributed by atoms with Gasteiger partial charge in [0.25, 0.3) is 0 Å². The highest BCUT2D eigenvalue weighted by Gasteiger charge is 2.20. The van der Waals surface area contributed by atoms with Crippen LogP contribution in [0.4, 0.5) is 5.95 Å². The van der Waals surface area contributed by atoms with E-state index in [9.17, 15) is 0 Å². The Morgan fingerprint density at radius 2 is 2.12 bits per heavy atom. The molecule has 1 fully saturated rings. The summed E-state index contributed by atoms with van der Waals surface area (Å²) in [5.41, 5.74) is 2.82. The zero-order valence-electron chi connectivity index (χ0n) is 13.5. The van der Waals surface area contributed by atoms with Crippen LogP contribution in [0.3, 0.4) is 0 Å². The molecule has 6 heteroatoms. The van der Waals surface area contributed by atoms with Crippen molar-refractivity contribution in [2.45, 2.75) is 19.4 Å². The van der Waals surface area contributed by atoms with Crippen molar-refractivity contribution in [3.63, 3.8) is 0 Å². The number of anilines is 1. The van der Waals surface area contributed by atoms with E-state index in [2.05, 4.69) is 38.6 Å². The number of halogens is 1. The van der Waals surface area contributed by atoms with Crippen LogP contribution in [0.25, 0.3) is 22.2 Å². The van der Waals surface area contributed by atoms with Gasteiger partial charge < -0.3 is 15.6 Å². The largest absolute Gasteiger partial charge is 0.360 e. The Balaban J connectivity index is 1.66. The van der Waals surface area contributed by atoms with E-state index in [-0.39, 0.29) is 0 Å². The molecule has 2 atom stereocenters. The maximum Gasteiger partial charge on any atom is 0.223 e. The van der Waals surface area contributed by atoms with Crippen molar-refractivity contribution in [3.05, 3.63) is 41.7 Å². The van der Waals surface area contributed by atoms with Crippen molar-refractivity contribution < 1.29 is 0 Å². The first-order valence-electron chi connectivity index (χ1n) is 8.27. The Morgan fingerprint density at radius 1 is 1.25 bits per heavy atom. The highest BCUT2D eigenvalue weighted by molar-refractivity contribution is 6.33. The number of para-hydroxylation sites is 1. The standard InChI is InChI=1S/C18H20ClN5/c1-11-6-12(8-20-7-11)23-18-22-10-15(19)17(24-18)14-9-21-16-5-3-2-4-13(14)16/h2-5,9-12,20-21H,6-8H2,1H3,(H,22,23,24)/t11-,12-/m0/s1. The van der Waals surface area contributed by atoms with Crippen LogP contribution < -0.4 is 10.6 Å². The van der Waals surface area contributed by atoms with Gasteiger partial charge in [0.15, 0.2) is 0 Å². The number of nitrogens with one attached hydrogen (secondary N) is 3. The summed E-state index contributed by atoms with van der Waals surface area (Å²) < 4.78 is 0. The number of aromatic nitrogens is 3. The minimum atomic E-state index is 0.339. The molecule has 0 unspecified atom stereocenters. The molecule has 3 heterocycles. The number of fused-ring (bicyclic) bond motifs is 1. The van der Waals surface area contributed by atoms with Crippen molar-refractivity contribution in [3.8, 4) is 11.3 Å². The molecule has 0 bridgehead atoms. The molecule has 0 saturated carbocycles. The van der Waals surface area contributed by atoms with Crippen molar-refractivity contribution in [2.75, 3.05) is 18.4 Å². The minimum absolute atomic E-state index is 0.339. The summed E-state index contributed by atoms with van der Waals surface area (Å²) in [5, 5.41) is 8.53. The fourth-order valence-corrected chi connectivity index (χ4v) is 3.53. The van der Waals surface area contributed by atoms with Crippen molar-refractivity contribution in [1.29, 1.82) is 0 Å². The molecular weight excluding hydrogens is 322 g/mol. The average molecular weight is 342 g/mol. The molecule has 1 aromatic carbocycles. The second kappa shape index (κ2) is 6.42. The first kappa shape index (κ1) is 15.4. The van der Waals surface area contributed by atoms with Crippen LogP contribution in [0.5, 0.6) is 0 Å². The summed E-state index contributed by atoms with van der Waals surface area (Å²) in [7, 11) is 0. The number of hydrogen-bond donors (Lipinski definition) is 3. The summed E-state index contributed by atoms with van der Waals surface area (Å²) in [5.74, 6) is 1.28. The van der Waals surface area contributed by atoms with Gasteiger partial charge in [-0.3, -0.25) is 0 Å². The second-order valence-electron chi connectivity index (χ2n) is 6.48. The lowest BCUT2D eigenvalue weighted by molar-refractivity contribution is 0.377. The Labute approximate surface area is 145 Å². The molecule has 5 nitrogen and oxygen atoms in total. The highest BCUT2D eigenvalue weighted by Crippen LogP contribution is 2.32. The van der Waals surface area contributed by atoms with Crippen LogP contribution in [0.15, 0.2) is 36.7 Å². The van der Waals surface area contributed by atoms with Crippen molar-refractivity contribution in [1.82, 2.24) is 20.3 Å². The minimum Gasteiger partial charge on any atom is -0.360 e. The molecule has 1 saturated heterocycles. The fraction of sp³-hybridized carbons (Fsp3) is 0.333. The highest BCUT2D eigenvalue weighted by atomic mass is 35.5. The number of H-pyrrole nitrogens is 1. The zero-order valence-corrected chi connectivity index (χ0v) is 14.3. The molecule has 1 aliphatic rings. The normalized spacial score (nSPS) is 21.1. The molecule has 0 aliphatic carbocycles. The Bertz CT molecular complexity index is 859. The third kappa shape index (κ3) is 2.97. The Kier molecular flexibility index (Phi) is 4.12. The van der Waals surface area contributed by atoms with E-state index < -0.39 is 0 Å². The van der Waals surface area contributed by atoms with Crippen LogP contribution >= 0.6 is 11.6 Å². The lowest BCUT2D eigenvalue weighted by atomic mass is 9.98. The molecule has 24 heavy (non-hydrogen) atoms. The lowest BCUT2D eigenvalue weighted by Crippen LogP contribution is -2.42. The number of piperidine rings is 1. The third-order valence-corrected chi connectivity index (χ3v) is 4.77. The molecule has 2 aromatic heterocycles. The van der Waals surface area contributed by atoms with Crippen molar-refractivity contribution in [2.24, 2.45) is 5.92 Å². The molecular formula is C18H20ClN5. The van der Waals surface area contributed by atoms with Gasteiger partial charge in [-0.05, 0) is 24.9 Å².